The summed E-state index contributed by atoms with van der Waals surface area (Å²) in [5.41, 5.74) is 8.39. The number of nitrogen functional groups attached to an aromatic ring is 1. The van der Waals surface area contributed by atoms with E-state index in [1.165, 1.54) is 13.3 Å². The predicted octanol–water partition coefficient (Wildman–Crippen LogP) is 1.77. The molecule has 146 valence electrons. The summed E-state index contributed by atoms with van der Waals surface area (Å²) in [6, 6.07) is 5.35. The number of nitrogens with one attached hydrogen (secondary N) is 2. The van der Waals surface area contributed by atoms with Gasteiger partial charge >= 0.3 is 0 Å². The average Bonchev–Trinajstić information content (AvgIpc) is 3.50. The highest BCUT2D eigenvalue weighted by molar-refractivity contribution is 7.89. The van der Waals surface area contributed by atoms with Gasteiger partial charge in [0, 0.05) is 30.9 Å². The van der Waals surface area contributed by atoms with Crippen molar-refractivity contribution in [3.63, 3.8) is 0 Å². The highest BCUT2D eigenvalue weighted by Crippen LogP contribution is 2.33. The Morgan fingerprint density at radius 3 is 2.68 bits per heavy atom. The summed E-state index contributed by atoms with van der Waals surface area (Å²) in [5.74, 6) is 0.862. The molecule has 10 heteroatoms. The Labute approximate surface area is 162 Å². The Balaban J connectivity index is 1.78. The molecule has 1 aliphatic rings. The molecule has 0 amide bonds. The number of methoxy groups -OCH3 is 1. The number of pyridine rings is 1. The molecular weight excluding hydrogens is 380 g/mol. The lowest BCUT2D eigenvalue weighted by Gasteiger charge is -2.12. The SMILES string of the molecule is CNc1ncc(-c2ccc3c(N)c(S(=O)(=O)NC4CC4)cnc3c2)c(OC)n1. The molecule has 1 saturated carbocycles. The monoisotopic (exact) mass is 400 g/mol. The zero-order chi connectivity index (χ0) is 19.9. The van der Waals surface area contributed by atoms with Gasteiger partial charge in [-0.1, -0.05) is 12.1 Å². The van der Waals surface area contributed by atoms with E-state index in [1.54, 1.807) is 25.4 Å². The molecule has 0 unspecified atom stereocenters. The van der Waals surface area contributed by atoms with Crippen molar-refractivity contribution in [3.05, 3.63) is 30.6 Å². The van der Waals surface area contributed by atoms with Gasteiger partial charge in [0.1, 0.15) is 4.90 Å². The van der Waals surface area contributed by atoms with E-state index in [2.05, 4.69) is 25.0 Å². The Kier molecular flexibility index (Phi) is 4.52. The predicted molar refractivity (Wildman–Crippen MR) is 107 cm³/mol. The Morgan fingerprint density at radius 1 is 1.21 bits per heavy atom. The molecule has 1 aromatic carbocycles. The van der Waals surface area contributed by atoms with Crippen LogP contribution in [-0.4, -0.2) is 43.6 Å². The number of aromatic nitrogens is 3. The van der Waals surface area contributed by atoms with Crippen LogP contribution in [0.1, 0.15) is 12.8 Å². The van der Waals surface area contributed by atoms with Gasteiger partial charge in [0.25, 0.3) is 0 Å². The maximum atomic E-state index is 12.5. The van der Waals surface area contributed by atoms with Gasteiger partial charge in [-0.05, 0) is 24.5 Å². The second-order valence-electron chi connectivity index (χ2n) is 6.53. The van der Waals surface area contributed by atoms with Crippen LogP contribution in [0.5, 0.6) is 5.88 Å². The van der Waals surface area contributed by atoms with Crippen LogP contribution < -0.4 is 20.5 Å². The number of benzene rings is 1. The van der Waals surface area contributed by atoms with E-state index in [0.717, 1.165) is 18.4 Å². The first kappa shape index (κ1) is 18.4. The molecule has 0 radical (unpaired) electrons. The summed E-state index contributed by atoms with van der Waals surface area (Å²) < 4.78 is 33.0. The second-order valence-corrected chi connectivity index (χ2v) is 8.21. The van der Waals surface area contributed by atoms with Gasteiger partial charge in [-0.15, -0.1) is 0 Å². The number of sulfonamides is 1. The van der Waals surface area contributed by atoms with Crippen LogP contribution in [0.15, 0.2) is 35.5 Å². The zero-order valence-electron chi connectivity index (χ0n) is 15.4. The molecule has 0 atom stereocenters. The van der Waals surface area contributed by atoms with Gasteiger partial charge in [-0.2, -0.15) is 4.98 Å². The number of nitrogens with zero attached hydrogens (tertiary/aromatic N) is 3. The molecule has 9 nitrogen and oxygen atoms in total. The summed E-state index contributed by atoms with van der Waals surface area (Å²) in [6.07, 6.45) is 4.64. The van der Waals surface area contributed by atoms with Crippen molar-refractivity contribution < 1.29 is 13.2 Å². The molecule has 1 aliphatic carbocycles. The third-order valence-electron chi connectivity index (χ3n) is 4.54. The van der Waals surface area contributed by atoms with Crippen LogP contribution in [0.25, 0.3) is 22.0 Å². The van der Waals surface area contributed by atoms with E-state index in [0.29, 0.717) is 28.3 Å². The molecule has 0 aliphatic heterocycles. The van der Waals surface area contributed by atoms with E-state index in [-0.39, 0.29) is 16.6 Å². The van der Waals surface area contributed by atoms with Crippen molar-refractivity contribution >= 4 is 32.6 Å². The fraction of sp³-hybridized carbons (Fsp3) is 0.278. The number of nitrogens with two attached hydrogens (primary N) is 1. The molecule has 3 aromatic rings. The fourth-order valence-electron chi connectivity index (χ4n) is 2.90. The first-order valence-electron chi connectivity index (χ1n) is 8.72. The molecule has 1 fully saturated rings. The molecule has 0 saturated heterocycles. The molecular formula is C18H20N6O3S. The number of rotatable bonds is 6. The highest BCUT2D eigenvalue weighted by atomic mass is 32.2. The summed E-state index contributed by atoms with van der Waals surface area (Å²) >= 11 is 0. The number of fused-ring (bicyclic) bond motifs is 1. The van der Waals surface area contributed by atoms with Crippen molar-refractivity contribution in [2.45, 2.75) is 23.8 Å². The van der Waals surface area contributed by atoms with Gasteiger partial charge in [0.2, 0.25) is 21.9 Å². The lowest BCUT2D eigenvalue weighted by molar-refractivity contribution is 0.399. The number of anilines is 2. The molecule has 28 heavy (non-hydrogen) atoms. The van der Waals surface area contributed by atoms with Crippen molar-refractivity contribution in [2.24, 2.45) is 0 Å². The smallest absolute Gasteiger partial charge is 0.244 e. The first-order chi connectivity index (χ1) is 13.4. The molecule has 2 aromatic heterocycles. The molecule has 4 N–H and O–H groups in total. The second kappa shape index (κ2) is 6.88. The van der Waals surface area contributed by atoms with E-state index >= 15 is 0 Å². The Hall–Kier alpha value is -2.98. The minimum atomic E-state index is -3.68. The molecule has 0 spiro atoms. The Morgan fingerprint density at radius 2 is 2.00 bits per heavy atom. The van der Waals surface area contributed by atoms with Crippen LogP contribution in [0.4, 0.5) is 11.6 Å². The van der Waals surface area contributed by atoms with Crippen LogP contribution >= 0.6 is 0 Å². The Bertz CT molecular complexity index is 1160. The van der Waals surface area contributed by atoms with E-state index in [9.17, 15) is 8.42 Å². The molecule has 0 bridgehead atoms. The van der Waals surface area contributed by atoms with E-state index < -0.39 is 10.0 Å². The van der Waals surface area contributed by atoms with Gasteiger partial charge in [-0.3, -0.25) is 4.98 Å². The van der Waals surface area contributed by atoms with Gasteiger partial charge < -0.3 is 15.8 Å². The average molecular weight is 400 g/mol. The maximum absolute atomic E-state index is 12.5. The third-order valence-corrected chi connectivity index (χ3v) is 6.09. The number of hydrogen-bond donors (Lipinski definition) is 3. The quantitative estimate of drug-likeness (QED) is 0.570. The minimum absolute atomic E-state index is 0.000984. The first-order valence-corrected chi connectivity index (χ1v) is 10.2. The van der Waals surface area contributed by atoms with Crippen LogP contribution in [-0.2, 0) is 10.0 Å². The van der Waals surface area contributed by atoms with Gasteiger partial charge in [0.15, 0.2) is 0 Å². The standard InChI is InChI=1S/C18H20N6O3S/c1-20-18-22-8-13(17(23-18)27-2)10-3-6-12-14(7-10)21-9-15(16(12)19)28(25,26)24-11-4-5-11/h3,6-9,11,24H,4-5H2,1-2H3,(H2,19,21)(H,20,22,23). The lowest BCUT2D eigenvalue weighted by Crippen LogP contribution is -2.26. The zero-order valence-corrected chi connectivity index (χ0v) is 16.2. The van der Waals surface area contributed by atoms with Crippen molar-refractivity contribution in [1.29, 1.82) is 0 Å². The number of ether oxygens (including phenoxy) is 1. The normalized spacial score (nSPS) is 14.2. The summed E-state index contributed by atoms with van der Waals surface area (Å²) in [6.45, 7) is 0. The van der Waals surface area contributed by atoms with Crippen LogP contribution in [0.2, 0.25) is 0 Å². The van der Waals surface area contributed by atoms with E-state index in [4.69, 9.17) is 10.5 Å². The highest BCUT2D eigenvalue weighted by Gasteiger charge is 2.29. The molecule has 2 heterocycles. The lowest BCUT2D eigenvalue weighted by atomic mass is 10.1. The largest absolute Gasteiger partial charge is 0.480 e. The van der Waals surface area contributed by atoms with Gasteiger partial charge in [0.05, 0.1) is 23.9 Å². The van der Waals surface area contributed by atoms with Crippen LogP contribution in [0, 0.1) is 0 Å². The molecule has 4 rings (SSSR count). The topological polar surface area (TPSA) is 132 Å². The number of hydrogen-bond acceptors (Lipinski definition) is 8. The maximum Gasteiger partial charge on any atom is 0.244 e. The summed E-state index contributed by atoms with van der Waals surface area (Å²) in [5, 5.41) is 3.43. The minimum Gasteiger partial charge on any atom is -0.480 e. The summed E-state index contributed by atoms with van der Waals surface area (Å²) in [7, 11) is -0.427. The van der Waals surface area contributed by atoms with Crippen molar-refractivity contribution in [3.8, 4) is 17.0 Å². The van der Waals surface area contributed by atoms with Crippen molar-refractivity contribution in [1.82, 2.24) is 19.7 Å². The van der Waals surface area contributed by atoms with E-state index in [1.807, 2.05) is 6.07 Å². The fourth-order valence-corrected chi connectivity index (χ4v) is 4.30. The van der Waals surface area contributed by atoms with Gasteiger partial charge in [-0.25, -0.2) is 18.1 Å². The van der Waals surface area contributed by atoms with Crippen LogP contribution in [0.3, 0.4) is 0 Å². The summed E-state index contributed by atoms with van der Waals surface area (Å²) in [4.78, 5) is 12.8. The van der Waals surface area contributed by atoms with Crippen molar-refractivity contribution in [2.75, 3.05) is 25.2 Å². The third kappa shape index (κ3) is 3.32.